The summed E-state index contributed by atoms with van der Waals surface area (Å²) in [6.07, 6.45) is 0. The first kappa shape index (κ1) is 17.4. The zero-order chi connectivity index (χ0) is 17.2. The van der Waals surface area contributed by atoms with Gasteiger partial charge >= 0.3 is 0 Å². The molecule has 25 heavy (non-hydrogen) atoms. The summed E-state index contributed by atoms with van der Waals surface area (Å²) in [7, 11) is 0. The third kappa shape index (κ3) is 4.03. The third-order valence-electron chi connectivity index (χ3n) is 4.49. The van der Waals surface area contributed by atoms with Gasteiger partial charge in [0.2, 0.25) is 5.89 Å². The van der Waals surface area contributed by atoms with Crippen LogP contribution in [-0.2, 0) is 6.54 Å². The zero-order valence-corrected chi connectivity index (χ0v) is 17.1. The molecule has 0 aliphatic carbocycles. The van der Waals surface area contributed by atoms with Crippen LogP contribution in [0, 0.1) is 0 Å². The maximum atomic E-state index is 5.90. The molecule has 3 aromatic rings. The van der Waals surface area contributed by atoms with E-state index < -0.39 is 0 Å². The van der Waals surface area contributed by atoms with Crippen molar-refractivity contribution in [3.05, 3.63) is 44.2 Å². The first-order valence-corrected chi connectivity index (χ1v) is 10.8. The number of thiophene rings is 2. The molecule has 1 unspecified atom stereocenters. The molecule has 0 radical (unpaired) electrons. The summed E-state index contributed by atoms with van der Waals surface area (Å²) in [6, 6.07) is 8.49. The lowest BCUT2D eigenvalue weighted by molar-refractivity contribution is 0.0882. The molecule has 1 saturated heterocycles. The normalized spacial score (nSPS) is 17.8. The van der Waals surface area contributed by atoms with E-state index in [4.69, 9.17) is 4.42 Å². The minimum absolute atomic E-state index is 0.152. The Kier molecular flexibility index (Phi) is 5.33. The topological polar surface area (TPSA) is 45.4 Å². The van der Waals surface area contributed by atoms with E-state index in [2.05, 4.69) is 55.0 Å². The van der Waals surface area contributed by atoms with Gasteiger partial charge in [-0.15, -0.1) is 32.9 Å². The van der Waals surface area contributed by atoms with Crippen LogP contribution in [0.1, 0.15) is 23.7 Å². The molecule has 0 amide bonds. The average molecular weight is 439 g/mol. The Morgan fingerprint density at radius 1 is 1.20 bits per heavy atom. The number of halogens is 1. The Morgan fingerprint density at radius 2 is 2.04 bits per heavy atom. The van der Waals surface area contributed by atoms with E-state index in [0.717, 1.165) is 37.6 Å². The van der Waals surface area contributed by atoms with E-state index in [-0.39, 0.29) is 6.04 Å². The molecular formula is C17H19BrN4OS2. The fraction of sp³-hybridized carbons (Fsp3) is 0.412. The Bertz CT molecular complexity index is 808. The maximum absolute atomic E-state index is 5.90. The molecule has 1 atom stereocenters. The number of aromatic nitrogens is 2. The first-order valence-electron chi connectivity index (χ1n) is 8.27. The Morgan fingerprint density at radius 3 is 2.72 bits per heavy atom. The largest absolute Gasteiger partial charge is 0.418 e. The van der Waals surface area contributed by atoms with Crippen LogP contribution in [0.3, 0.4) is 0 Å². The van der Waals surface area contributed by atoms with Gasteiger partial charge in [-0.3, -0.25) is 9.80 Å². The molecule has 0 N–H and O–H groups in total. The van der Waals surface area contributed by atoms with Gasteiger partial charge in [-0.2, -0.15) is 0 Å². The molecule has 8 heteroatoms. The molecule has 5 nitrogen and oxygen atoms in total. The summed E-state index contributed by atoms with van der Waals surface area (Å²) < 4.78 is 7.10. The van der Waals surface area contributed by atoms with Crippen molar-refractivity contribution in [1.29, 1.82) is 0 Å². The van der Waals surface area contributed by atoms with E-state index in [0.29, 0.717) is 11.8 Å². The van der Waals surface area contributed by atoms with Crippen LogP contribution in [0.15, 0.2) is 37.8 Å². The van der Waals surface area contributed by atoms with Crippen molar-refractivity contribution < 1.29 is 4.42 Å². The molecule has 132 valence electrons. The van der Waals surface area contributed by atoms with Gasteiger partial charge in [0.15, 0.2) is 0 Å². The van der Waals surface area contributed by atoms with Crippen molar-refractivity contribution in [3.63, 3.8) is 0 Å². The van der Waals surface area contributed by atoms with Crippen LogP contribution < -0.4 is 0 Å². The highest BCUT2D eigenvalue weighted by Crippen LogP contribution is 2.28. The predicted octanol–water partition coefficient (Wildman–Crippen LogP) is 4.50. The number of hydrogen-bond donors (Lipinski definition) is 0. The van der Waals surface area contributed by atoms with E-state index in [1.165, 1.54) is 8.66 Å². The lowest BCUT2D eigenvalue weighted by Crippen LogP contribution is -2.46. The second-order valence-electron chi connectivity index (χ2n) is 6.12. The molecule has 0 bridgehead atoms. The van der Waals surface area contributed by atoms with Crippen molar-refractivity contribution in [2.24, 2.45) is 0 Å². The van der Waals surface area contributed by atoms with Crippen molar-refractivity contribution in [3.8, 4) is 10.8 Å². The summed E-state index contributed by atoms with van der Waals surface area (Å²) >= 11 is 6.97. The van der Waals surface area contributed by atoms with Gasteiger partial charge in [0.05, 0.1) is 14.7 Å². The van der Waals surface area contributed by atoms with Gasteiger partial charge < -0.3 is 4.42 Å². The fourth-order valence-corrected chi connectivity index (χ4v) is 5.20. The molecule has 4 rings (SSSR count). The number of piperazine rings is 1. The molecule has 1 aliphatic rings. The van der Waals surface area contributed by atoms with E-state index >= 15 is 0 Å². The number of hydrogen-bond acceptors (Lipinski definition) is 7. The molecule has 3 aromatic heterocycles. The monoisotopic (exact) mass is 438 g/mol. The summed E-state index contributed by atoms with van der Waals surface area (Å²) in [5.74, 6) is 1.33. The van der Waals surface area contributed by atoms with Crippen LogP contribution in [0.5, 0.6) is 0 Å². The highest BCUT2D eigenvalue weighted by molar-refractivity contribution is 9.11. The SMILES string of the molecule is CC(c1nnc(-c2cccs2)o1)N1CCN(Cc2ccc(Br)s2)CC1. The lowest BCUT2D eigenvalue weighted by Gasteiger charge is -2.36. The van der Waals surface area contributed by atoms with Gasteiger partial charge in [0.1, 0.15) is 0 Å². The molecule has 1 fully saturated rings. The summed E-state index contributed by atoms with van der Waals surface area (Å²) in [4.78, 5) is 7.36. The minimum atomic E-state index is 0.152. The van der Waals surface area contributed by atoms with Crippen molar-refractivity contribution in [2.45, 2.75) is 19.5 Å². The van der Waals surface area contributed by atoms with Crippen LogP contribution in [0.4, 0.5) is 0 Å². The highest BCUT2D eigenvalue weighted by Gasteiger charge is 2.26. The van der Waals surface area contributed by atoms with Gasteiger partial charge in [-0.25, -0.2) is 0 Å². The standard InChI is InChI=1S/C17H19BrN4OS2/c1-12(16-19-20-17(23-16)14-3-2-10-24-14)22-8-6-21(7-9-22)11-13-4-5-15(18)25-13/h2-5,10,12H,6-9,11H2,1H3. The zero-order valence-electron chi connectivity index (χ0n) is 13.9. The molecule has 0 spiro atoms. The van der Waals surface area contributed by atoms with Crippen LogP contribution >= 0.6 is 38.6 Å². The van der Waals surface area contributed by atoms with Gasteiger partial charge in [-0.05, 0) is 46.4 Å². The summed E-state index contributed by atoms with van der Waals surface area (Å²) in [5.41, 5.74) is 0. The van der Waals surface area contributed by atoms with E-state index in [9.17, 15) is 0 Å². The highest BCUT2D eigenvalue weighted by atomic mass is 79.9. The number of nitrogens with zero attached hydrogens (tertiary/aromatic N) is 4. The van der Waals surface area contributed by atoms with Crippen molar-refractivity contribution in [2.75, 3.05) is 26.2 Å². The third-order valence-corrected chi connectivity index (χ3v) is 6.96. The van der Waals surface area contributed by atoms with Crippen molar-refractivity contribution in [1.82, 2.24) is 20.0 Å². The van der Waals surface area contributed by atoms with Gasteiger partial charge in [0.25, 0.3) is 5.89 Å². The van der Waals surface area contributed by atoms with E-state index in [1.807, 2.05) is 28.8 Å². The lowest BCUT2D eigenvalue weighted by atomic mass is 10.2. The fourth-order valence-electron chi connectivity index (χ4n) is 3.03. The second kappa shape index (κ2) is 7.67. The minimum Gasteiger partial charge on any atom is -0.418 e. The maximum Gasteiger partial charge on any atom is 0.257 e. The summed E-state index contributed by atoms with van der Waals surface area (Å²) in [6.45, 7) is 7.34. The smallest absolute Gasteiger partial charge is 0.257 e. The molecule has 0 saturated carbocycles. The quantitative estimate of drug-likeness (QED) is 0.586. The average Bonchev–Trinajstić information content (AvgIpc) is 3.36. The molecule has 0 aromatic carbocycles. The van der Waals surface area contributed by atoms with Gasteiger partial charge in [-0.1, -0.05) is 6.07 Å². The number of rotatable bonds is 5. The Hall–Kier alpha value is -1.06. The van der Waals surface area contributed by atoms with E-state index in [1.54, 1.807) is 11.3 Å². The Labute approximate surface area is 163 Å². The van der Waals surface area contributed by atoms with Crippen molar-refractivity contribution >= 4 is 38.6 Å². The van der Waals surface area contributed by atoms with Crippen LogP contribution in [0.25, 0.3) is 10.8 Å². The van der Waals surface area contributed by atoms with Gasteiger partial charge in [0, 0.05) is 37.6 Å². The molecule has 1 aliphatic heterocycles. The van der Waals surface area contributed by atoms with Crippen LogP contribution in [0.2, 0.25) is 0 Å². The Balaban J connectivity index is 1.34. The first-order chi connectivity index (χ1) is 12.2. The predicted molar refractivity (Wildman–Crippen MR) is 105 cm³/mol. The second-order valence-corrected chi connectivity index (χ2v) is 9.61. The van der Waals surface area contributed by atoms with Crippen LogP contribution in [-0.4, -0.2) is 46.2 Å². The summed E-state index contributed by atoms with van der Waals surface area (Å²) in [5, 5.41) is 10.5. The molecular weight excluding hydrogens is 420 g/mol. The molecule has 4 heterocycles.